The summed E-state index contributed by atoms with van der Waals surface area (Å²) in [6, 6.07) is 6.74. The van der Waals surface area contributed by atoms with Gasteiger partial charge in [0, 0.05) is 13.0 Å². The van der Waals surface area contributed by atoms with Crippen molar-refractivity contribution in [1.82, 2.24) is 5.32 Å². The Morgan fingerprint density at radius 3 is 2.38 bits per heavy atom. The number of carbonyl (C=O) groups is 1. The fraction of sp³-hybridized carbons (Fsp3) is 0.500. The first-order valence-electron chi connectivity index (χ1n) is 6.77. The Morgan fingerprint density at radius 1 is 1.29 bits per heavy atom. The lowest BCUT2D eigenvalue weighted by molar-refractivity contribution is -0.121. The summed E-state index contributed by atoms with van der Waals surface area (Å²) in [7, 11) is -1.86. The minimum Gasteiger partial charge on any atom is -0.497 e. The summed E-state index contributed by atoms with van der Waals surface area (Å²) in [6.45, 7) is 2.39. The Kier molecular flexibility index (Phi) is 6.48. The van der Waals surface area contributed by atoms with E-state index in [0.717, 1.165) is 12.7 Å². The molecule has 0 aromatic heterocycles. The number of benzene rings is 1. The lowest BCUT2D eigenvalue weighted by Crippen LogP contribution is -2.38. The van der Waals surface area contributed by atoms with Crippen molar-refractivity contribution in [1.29, 1.82) is 0 Å². The summed E-state index contributed by atoms with van der Waals surface area (Å²) in [6.07, 6.45) is 2.35. The van der Waals surface area contributed by atoms with Gasteiger partial charge in [0.2, 0.25) is 15.9 Å². The fourth-order valence-electron chi connectivity index (χ4n) is 1.85. The zero-order valence-electron chi connectivity index (χ0n) is 12.6. The zero-order valence-corrected chi connectivity index (χ0v) is 13.4. The molecule has 0 spiro atoms. The molecule has 0 radical (unpaired) electrons. The molecule has 0 aliphatic carbocycles. The molecule has 0 fully saturated rings. The second kappa shape index (κ2) is 7.87. The number of ether oxygens (including phenoxy) is 1. The summed E-state index contributed by atoms with van der Waals surface area (Å²) in [4.78, 5) is 11.4. The summed E-state index contributed by atoms with van der Waals surface area (Å²) in [5, 5.41) is 2.71. The van der Waals surface area contributed by atoms with Crippen molar-refractivity contribution in [3.8, 4) is 5.75 Å². The van der Waals surface area contributed by atoms with Gasteiger partial charge in [-0.3, -0.25) is 9.10 Å². The van der Waals surface area contributed by atoms with Crippen LogP contribution < -0.4 is 14.4 Å². The number of amides is 1. The van der Waals surface area contributed by atoms with Crippen molar-refractivity contribution < 1.29 is 17.9 Å². The van der Waals surface area contributed by atoms with E-state index < -0.39 is 10.0 Å². The lowest BCUT2D eigenvalue weighted by atomic mass is 10.3. The average molecular weight is 314 g/mol. The first-order valence-corrected chi connectivity index (χ1v) is 8.61. The van der Waals surface area contributed by atoms with Gasteiger partial charge in [-0.1, -0.05) is 6.92 Å². The van der Waals surface area contributed by atoms with Gasteiger partial charge < -0.3 is 10.1 Å². The van der Waals surface area contributed by atoms with E-state index in [4.69, 9.17) is 4.74 Å². The molecule has 0 saturated carbocycles. The number of sulfonamides is 1. The summed E-state index contributed by atoms with van der Waals surface area (Å²) < 4.78 is 30.1. The molecular formula is C14H22N2O4S. The van der Waals surface area contributed by atoms with Gasteiger partial charge in [-0.15, -0.1) is 0 Å². The van der Waals surface area contributed by atoms with Gasteiger partial charge in [0.1, 0.15) is 5.75 Å². The molecule has 0 unspecified atom stereocenters. The number of nitrogens with one attached hydrogen (secondary N) is 1. The monoisotopic (exact) mass is 314 g/mol. The molecule has 1 N–H and O–H groups in total. The second-order valence-electron chi connectivity index (χ2n) is 4.63. The number of hydrogen-bond donors (Lipinski definition) is 1. The molecule has 7 heteroatoms. The van der Waals surface area contributed by atoms with Crippen molar-refractivity contribution in [3.05, 3.63) is 24.3 Å². The maximum atomic E-state index is 11.9. The molecule has 118 valence electrons. The van der Waals surface area contributed by atoms with Gasteiger partial charge in [-0.2, -0.15) is 0 Å². The average Bonchev–Trinajstić information content (AvgIpc) is 2.43. The molecule has 21 heavy (non-hydrogen) atoms. The molecular weight excluding hydrogens is 292 g/mol. The Labute approximate surface area is 126 Å². The molecule has 1 amide bonds. The highest BCUT2D eigenvalue weighted by Crippen LogP contribution is 2.20. The lowest BCUT2D eigenvalue weighted by Gasteiger charge is -2.22. The highest BCUT2D eigenvalue weighted by molar-refractivity contribution is 7.92. The van der Waals surface area contributed by atoms with Crippen LogP contribution in [0.5, 0.6) is 5.75 Å². The molecule has 1 rings (SSSR count). The fourth-order valence-corrected chi connectivity index (χ4v) is 2.77. The van der Waals surface area contributed by atoms with Crippen LogP contribution in [0.2, 0.25) is 0 Å². The topological polar surface area (TPSA) is 75.7 Å². The van der Waals surface area contributed by atoms with Gasteiger partial charge in [0.25, 0.3) is 0 Å². The van der Waals surface area contributed by atoms with E-state index >= 15 is 0 Å². The Bertz CT molecular complexity index is 555. The first kappa shape index (κ1) is 17.3. The van der Waals surface area contributed by atoms with Gasteiger partial charge in [0.15, 0.2) is 0 Å². The van der Waals surface area contributed by atoms with Crippen LogP contribution in [-0.2, 0) is 14.8 Å². The van der Waals surface area contributed by atoms with E-state index in [1.165, 1.54) is 4.31 Å². The molecule has 0 atom stereocenters. The van der Waals surface area contributed by atoms with Gasteiger partial charge in [-0.25, -0.2) is 8.42 Å². The maximum absolute atomic E-state index is 11.9. The van der Waals surface area contributed by atoms with Crippen LogP contribution >= 0.6 is 0 Å². The molecule has 0 aliphatic heterocycles. The Hall–Kier alpha value is -1.76. The van der Waals surface area contributed by atoms with Crippen LogP contribution in [0, 0.1) is 0 Å². The number of rotatable bonds is 8. The number of hydrogen-bond acceptors (Lipinski definition) is 4. The SMILES string of the molecule is CCCC(=O)NCCN(c1ccc(OC)cc1)S(C)(=O)=O. The summed E-state index contributed by atoms with van der Waals surface area (Å²) in [5.74, 6) is 0.587. The highest BCUT2D eigenvalue weighted by Gasteiger charge is 2.17. The third kappa shape index (κ3) is 5.63. The Balaban J connectivity index is 2.75. The largest absolute Gasteiger partial charge is 0.497 e. The first-order chi connectivity index (χ1) is 9.88. The number of carbonyl (C=O) groups excluding carboxylic acids is 1. The van der Waals surface area contributed by atoms with Crippen LogP contribution in [-0.4, -0.2) is 40.8 Å². The molecule has 0 heterocycles. The molecule has 0 saturated heterocycles. The minimum atomic E-state index is -3.41. The molecule has 1 aromatic carbocycles. The quantitative estimate of drug-likeness (QED) is 0.786. The van der Waals surface area contributed by atoms with Crippen molar-refractivity contribution in [2.45, 2.75) is 19.8 Å². The van der Waals surface area contributed by atoms with Crippen LogP contribution in [0.1, 0.15) is 19.8 Å². The number of nitrogens with zero attached hydrogens (tertiary/aromatic N) is 1. The summed E-state index contributed by atoms with van der Waals surface area (Å²) >= 11 is 0. The predicted molar refractivity (Wildman–Crippen MR) is 83.1 cm³/mol. The van der Waals surface area contributed by atoms with Gasteiger partial charge in [-0.05, 0) is 30.7 Å². The van der Waals surface area contributed by atoms with Crippen LogP contribution in [0.15, 0.2) is 24.3 Å². The maximum Gasteiger partial charge on any atom is 0.232 e. The normalized spacial score (nSPS) is 11.0. The van der Waals surface area contributed by atoms with E-state index in [-0.39, 0.29) is 19.0 Å². The number of methoxy groups -OCH3 is 1. The molecule has 6 nitrogen and oxygen atoms in total. The van der Waals surface area contributed by atoms with Crippen LogP contribution in [0.25, 0.3) is 0 Å². The van der Waals surface area contributed by atoms with Crippen molar-refractivity contribution >= 4 is 21.6 Å². The van der Waals surface area contributed by atoms with Crippen molar-refractivity contribution in [3.63, 3.8) is 0 Å². The predicted octanol–water partition coefficient (Wildman–Crippen LogP) is 1.38. The van der Waals surface area contributed by atoms with Crippen LogP contribution in [0.4, 0.5) is 5.69 Å². The Morgan fingerprint density at radius 2 is 1.90 bits per heavy atom. The minimum absolute atomic E-state index is 0.0688. The van der Waals surface area contributed by atoms with E-state index in [2.05, 4.69) is 5.32 Å². The standard InChI is InChI=1S/C14H22N2O4S/c1-4-5-14(17)15-10-11-16(21(3,18)19)12-6-8-13(20-2)9-7-12/h6-9H,4-5,10-11H2,1-3H3,(H,15,17). The van der Waals surface area contributed by atoms with Crippen molar-refractivity contribution in [2.24, 2.45) is 0 Å². The van der Waals surface area contributed by atoms with Gasteiger partial charge >= 0.3 is 0 Å². The van der Waals surface area contributed by atoms with Gasteiger partial charge in [0.05, 0.1) is 25.6 Å². The van der Waals surface area contributed by atoms with Crippen LogP contribution in [0.3, 0.4) is 0 Å². The van der Waals surface area contributed by atoms with E-state index in [1.54, 1.807) is 31.4 Å². The van der Waals surface area contributed by atoms with E-state index in [0.29, 0.717) is 17.9 Å². The molecule has 0 bridgehead atoms. The second-order valence-corrected chi connectivity index (χ2v) is 6.54. The van der Waals surface area contributed by atoms with Crippen molar-refractivity contribution in [2.75, 3.05) is 30.8 Å². The zero-order chi connectivity index (χ0) is 15.9. The smallest absolute Gasteiger partial charge is 0.232 e. The molecule has 0 aliphatic rings. The summed E-state index contributed by atoms with van der Waals surface area (Å²) in [5.41, 5.74) is 0.544. The van der Waals surface area contributed by atoms with E-state index in [1.807, 2.05) is 6.92 Å². The third-order valence-corrected chi connectivity index (χ3v) is 4.07. The molecule has 1 aromatic rings. The highest BCUT2D eigenvalue weighted by atomic mass is 32.2. The number of anilines is 1. The van der Waals surface area contributed by atoms with E-state index in [9.17, 15) is 13.2 Å². The third-order valence-electron chi connectivity index (χ3n) is 2.87.